The van der Waals surface area contributed by atoms with E-state index in [1.165, 1.54) is 4.90 Å². The van der Waals surface area contributed by atoms with Crippen LogP contribution in [0.25, 0.3) is 6.08 Å². The van der Waals surface area contributed by atoms with Crippen LogP contribution in [-0.4, -0.2) is 64.9 Å². The van der Waals surface area contributed by atoms with Crippen LogP contribution in [0.1, 0.15) is 45.6 Å². The van der Waals surface area contributed by atoms with Gasteiger partial charge in [-0.15, -0.1) is 0 Å². The van der Waals surface area contributed by atoms with E-state index >= 15 is 0 Å². The van der Waals surface area contributed by atoms with E-state index in [-0.39, 0.29) is 11.9 Å². The Labute approximate surface area is 179 Å². The van der Waals surface area contributed by atoms with E-state index in [9.17, 15) is 9.59 Å². The fourth-order valence-electron chi connectivity index (χ4n) is 4.31. The van der Waals surface area contributed by atoms with Crippen LogP contribution in [0.3, 0.4) is 0 Å². The standard InChI is InChI=1S/C23H32ClN3O2/c1-4-26-21(28)23(27(22(26)29)13-10-18(2)3)11-14-25(15-12-23)17-20(24)16-19-8-6-5-7-9-19/h5-9,16,18H,4,10-15,17H2,1-3H3/b20-16-. The second-order valence-electron chi connectivity index (χ2n) is 8.48. The van der Waals surface area contributed by atoms with Crippen molar-refractivity contribution in [2.24, 2.45) is 5.92 Å². The van der Waals surface area contributed by atoms with Crippen molar-refractivity contribution in [2.45, 2.75) is 45.6 Å². The molecule has 5 nitrogen and oxygen atoms in total. The summed E-state index contributed by atoms with van der Waals surface area (Å²) in [4.78, 5) is 31.6. The Kier molecular flexibility index (Phi) is 7.01. The van der Waals surface area contributed by atoms with Gasteiger partial charge >= 0.3 is 6.03 Å². The van der Waals surface area contributed by atoms with E-state index in [1.54, 1.807) is 0 Å². The summed E-state index contributed by atoms with van der Waals surface area (Å²) in [7, 11) is 0. The second-order valence-corrected chi connectivity index (χ2v) is 8.96. The van der Waals surface area contributed by atoms with Crippen LogP contribution in [0.5, 0.6) is 0 Å². The van der Waals surface area contributed by atoms with Gasteiger partial charge in [0.15, 0.2) is 0 Å². The number of halogens is 1. The highest BCUT2D eigenvalue weighted by molar-refractivity contribution is 6.31. The number of benzene rings is 1. The van der Waals surface area contributed by atoms with Gasteiger partial charge in [-0.3, -0.25) is 14.6 Å². The van der Waals surface area contributed by atoms with Gasteiger partial charge in [-0.2, -0.15) is 0 Å². The van der Waals surface area contributed by atoms with Gasteiger partial charge in [0.25, 0.3) is 5.91 Å². The quantitative estimate of drug-likeness (QED) is 0.616. The van der Waals surface area contributed by atoms with Gasteiger partial charge in [0, 0.05) is 37.8 Å². The van der Waals surface area contributed by atoms with Crippen molar-refractivity contribution >= 4 is 29.6 Å². The van der Waals surface area contributed by atoms with Crippen molar-refractivity contribution in [2.75, 3.05) is 32.7 Å². The molecule has 3 amide bonds. The topological polar surface area (TPSA) is 43.9 Å². The van der Waals surface area contributed by atoms with Gasteiger partial charge in [-0.05, 0) is 43.7 Å². The molecule has 2 saturated heterocycles. The molecule has 0 radical (unpaired) electrons. The molecule has 1 aromatic carbocycles. The number of rotatable bonds is 7. The Balaban J connectivity index is 1.68. The summed E-state index contributed by atoms with van der Waals surface area (Å²) in [6, 6.07) is 9.92. The van der Waals surface area contributed by atoms with Gasteiger partial charge in [0.1, 0.15) is 5.54 Å². The molecule has 0 saturated carbocycles. The zero-order chi connectivity index (χ0) is 21.0. The minimum absolute atomic E-state index is 0.0145. The minimum atomic E-state index is -0.673. The molecular formula is C23H32ClN3O2. The van der Waals surface area contributed by atoms with Crippen molar-refractivity contribution in [1.82, 2.24) is 14.7 Å². The number of likely N-dealkylation sites (tertiary alicyclic amines) is 1. The molecule has 3 rings (SSSR count). The maximum atomic E-state index is 13.2. The number of carbonyl (C=O) groups excluding carboxylic acids is 2. The largest absolute Gasteiger partial charge is 0.327 e. The lowest BCUT2D eigenvalue weighted by atomic mass is 9.85. The van der Waals surface area contributed by atoms with Crippen molar-refractivity contribution in [1.29, 1.82) is 0 Å². The summed E-state index contributed by atoms with van der Waals surface area (Å²) in [5.74, 6) is 0.479. The van der Waals surface area contributed by atoms with Gasteiger partial charge in [-0.1, -0.05) is 55.8 Å². The summed E-state index contributed by atoms with van der Waals surface area (Å²) >= 11 is 6.49. The number of piperidine rings is 1. The highest BCUT2D eigenvalue weighted by atomic mass is 35.5. The van der Waals surface area contributed by atoms with Crippen molar-refractivity contribution in [3.05, 3.63) is 40.9 Å². The molecule has 158 valence electrons. The summed E-state index contributed by atoms with van der Waals surface area (Å²) in [6.45, 7) is 9.44. The number of likely N-dealkylation sites (N-methyl/N-ethyl adjacent to an activating group) is 1. The zero-order valence-corrected chi connectivity index (χ0v) is 18.5. The molecule has 2 aliphatic heterocycles. The number of hydrogen-bond acceptors (Lipinski definition) is 3. The number of imide groups is 1. The highest BCUT2D eigenvalue weighted by Crippen LogP contribution is 2.38. The number of hydrogen-bond donors (Lipinski definition) is 0. The predicted molar refractivity (Wildman–Crippen MR) is 118 cm³/mol. The summed E-state index contributed by atoms with van der Waals surface area (Å²) in [6.07, 6.45) is 4.24. The zero-order valence-electron chi connectivity index (χ0n) is 17.7. The molecule has 0 N–H and O–H groups in total. The van der Waals surface area contributed by atoms with Crippen LogP contribution in [0.2, 0.25) is 0 Å². The summed E-state index contributed by atoms with van der Waals surface area (Å²) in [5.41, 5.74) is 0.412. The molecule has 0 aliphatic carbocycles. The number of carbonyl (C=O) groups is 2. The molecule has 1 spiro atoms. The Morgan fingerprint density at radius 1 is 1.17 bits per heavy atom. The molecule has 0 unspecified atom stereocenters. The fourth-order valence-corrected chi connectivity index (χ4v) is 4.61. The van der Waals surface area contributed by atoms with E-state index in [0.717, 1.165) is 30.1 Å². The van der Waals surface area contributed by atoms with Gasteiger partial charge in [0.05, 0.1) is 0 Å². The van der Waals surface area contributed by atoms with Crippen LogP contribution in [-0.2, 0) is 4.79 Å². The maximum absolute atomic E-state index is 13.2. The molecule has 0 bridgehead atoms. The molecule has 2 fully saturated rings. The minimum Gasteiger partial charge on any atom is -0.309 e. The molecule has 2 aliphatic rings. The number of urea groups is 1. The SMILES string of the molecule is CCN1C(=O)N(CCC(C)C)C2(CCN(C/C(Cl)=C/c3ccccc3)CC2)C1=O. The van der Waals surface area contributed by atoms with Gasteiger partial charge in [0.2, 0.25) is 0 Å². The molecule has 1 aromatic rings. The third-order valence-electron chi connectivity index (χ3n) is 6.05. The first-order valence-corrected chi connectivity index (χ1v) is 11.0. The van der Waals surface area contributed by atoms with Crippen LogP contribution in [0.15, 0.2) is 35.4 Å². The number of amides is 3. The number of nitrogens with zero attached hydrogens (tertiary/aromatic N) is 3. The van der Waals surface area contributed by atoms with Crippen LogP contribution in [0, 0.1) is 5.92 Å². The smallest absolute Gasteiger partial charge is 0.309 e. The molecule has 0 aromatic heterocycles. The van der Waals surface area contributed by atoms with E-state index in [2.05, 4.69) is 18.7 Å². The Morgan fingerprint density at radius 3 is 2.41 bits per heavy atom. The molecule has 0 atom stereocenters. The maximum Gasteiger partial charge on any atom is 0.327 e. The Bertz CT molecular complexity index is 755. The van der Waals surface area contributed by atoms with E-state index < -0.39 is 5.54 Å². The monoisotopic (exact) mass is 417 g/mol. The molecule has 29 heavy (non-hydrogen) atoms. The highest BCUT2D eigenvalue weighted by Gasteiger charge is 2.57. The van der Waals surface area contributed by atoms with Crippen LogP contribution in [0.4, 0.5) is 4.79 Å². The first-order valence-electron chi connectivity index (χ1n) is 10.6. The lowest BCUT2D eigenvalue weighted by molar-refractivity contribution is -0.135. The van der Waals surface area contributed by atoms with E-state index in [0.29, 0.717) is 38.4 Å². The lowest BCUT2D eigenvalue weighted by Crippen LogP contribution is -2.57. The third-order valence-corrected chi connectivity index (χ3v) is 6.28. The van der Waals surface area contributed by atoms with E-state index in [4.69, 9.17) is 11.6 Å². The van der Waals surface area contributed by atoms with Crippen LogP contribution >= 0.6 is 11.6 Å². The van der Waals surface area contributed by atoms with Crippen LogP contribution < -0.4 is 0 Å². The second kappa shape index (κ2) is 9.31. The Hall–Kier alpha value is -1.85. The van der Waals surface area contributed by atoms with Crippen molar-refractivity contribution < 1.29 is 9.59 Å². The van der Waals surface area contributed by atoms with E-state index in [1.807, 2.05) is 48.2 Å². The molecular weight excluding hydrogens is 386 g/mol. The average Bonchev–Trinajstić information content (AvgIpc) is 2.88. The van der Waals surface area contributed by atoms with Gasteiger partial charge in [-0.25, -0.2) is 4.79 Å². The first-order chi connectivity index (χ1) is 13.9. The lowest BCUT2D eigenvalue weighted by Gasteiger charge is -2.42. The Morgan fingerprint density at radius 2 is 1.83 bits per heavy atom. The average molecular weight is 418 g/mol. The van der Waals surface area contributed by atoms with Crippen molar-refractivity contribution in [3.63, 3.8) is 0 Å². The summed E-state index contributed by atoms with van der Waals surface area (Å²) in [5, 5.41) is 0.785. The van der Waals surface area contributed by atoms with Crippen molar-refractivity contribution in [3.8, 4) is 0 Å². The first kappa shape index (κ1) is 21.8. The summed E-state index contributed by atoms with van der Waals surface area (Å²) < 4.78 is 0. The molecule has 6 heteroatoms. The third kappa shape index (κ3) is 4.67. The fraction of sp³-hybridized carbons (Fsp3) is 0.565. The molecule has 2 heterocycles. The predicted octanol–water partition coefficient (Wildman–Crippen LogP) is 4.43. The van der Waals surface area contributed by atoms with Gasteiger partial charge < -0.3 is 4.90 Å². The normalized spacial score (nSPS) is 20.4.